The highest BCUT2D eigenvalue weighted by atomic mass is 16.2. The molecule has 34 heavy (non-hydrogen) atoms. The Labute approximate surface area is 200 Å². The molecule has 2 heterocycles. The molecule has 1 aliphatic heterocycles. The van der Waals surface area contributed by atoms with E-state index in [-0.39, 0.29) is 5.91 Å². The lowest BCUT2D eigenvalue weighted by Gasteiger charge is -2.34. The number of hydrogen-bond acceptors (Lipinski definition) is 7. The van der Waals surface area contributed by atoms with Crippen molar-refractivity contribution >= 4 is 22.6 Å². The van der Waals surface area contributed by atoms with Crippen molar-refractivity contribution in [1.29, 1.82) is 5.26 Å². The lowest BCUT2D eigenvalue weighted by molar-refractivity contribution is 0.0625. The first-order valence-electron chi connectivity index (χ1n) is 11.7. The van der Waals surface area contributed by atoms with Gasteiger partial charge in [0.05, 0.1) is 23.7 Å². The first-order valence-corrected chi connectivity index (χ1v) is 11.7. The first-order chi connectivity index (χ1) is 16.5. The van der Waals surface area contributed by atoms with E-state index in [1.54, 1.807) is 24.3 Å². The summed E-state index contributed by atoms with van der Waals surface area (Å²) in [5.74, 6) is 1.69. The zero-order valence-corrected chi connectivity index (χ0v) is 19.9. The number of nitrogens with one attached hydrogen (secondary N) is 1. The normalized spacial score (nSPS) is 14.4. The molecular weight excluding hydrogens is 426 g/mol. The zero-order valence-electron chi connectivity index (χ0n) is 19.9. The number of aromatic nitrogens is 2. The van der Waals surface area contributed by atoms with Crippen LogP contribution in [0.5, 0.6) is 0 Å². The smallest absolute Gasteiger partial charge is 0.253 e. The number of nitrogens with zero attached hydrogens (tertiary/aromatic N) is 6. The maximum absolute atomic E-state index is 12.8. The van der Waals surface area contributed by atoms with Gasteiger partial charge in [-0.3, -0.25) is 9.69 Å². The number of rotatable bonds is 8. The van der Waals surface area contributed by atoms with Crippen LogP contribution in [0.4, 0.5) is 5.82 Å². The molecule has 1 fully saturated rings. The van der Waals surface area contributed by atoms with E-state index in [0.29, 0.717) is 30.8 Å². The third-order valence-electron chi connectivity index (χ3n) is 6.01. The highest BCUT2D eigenvalue weighted by molar-refractivity contribution is 5.94. The van der Waals surface area contributed by atoms with Gasteiger partial charge in [-0.15, -0.1) is 0 Å². The summed E-state index contributed by atoms with van der Waals surface area (Å²) in [5.41, 5.74) is 2.12. The molecule has 8 nitrogen and oxygen atoms in total. The number of benzene rings is 2. The molecule has 0 atom stereocenters. The minimum atomic E-state index is 0.00954. The third kappa shape index (κ3) is 5.87. The van der Waals surface area contributed by atoms with Crippen molar-refractivity contribution < 1.29 is 4.79 Å². The second-order valence-corrected chi connectivity index (χ2v) is 8.85. The standard InChI is InChI=1S/C26H31N7O/c1-31(2)13-5-12-28-25-22-6-3-4-7-23(22)29-24(30-25)19-32-14-16-33(17-15-32)26(34)21-10-8-20(18-27)9-11-21/h3-4,6-11H,5,12-17,19H2,1-2H3,(H,28,29,30). The Balaban J connectivity index is 1.38. The number of amides is 1. The SMILES string of the molecule is CN(C)CCCNc1nc(CN2CCN(C(=O)c3ccc(C#N)cc3)CC2)nc2ccccc12. The van der Waals surface area contributed by atoms with Gasteiger partial charge in [0.1, 0.15) is 11.6 Å². The van der Waals surface area contributed by atoms with Crippen LogP contribution in [-0.2, 0) is 6.54 Å². The molecule has 1 N–H and O–H groups in total. The van der Waals surface area contributed by atoms with E-state index >= 15 is 0 Å². The summed E-state index contributed by atoms with van der Waals surface area (Å²) in [4.78, 5) is 28.8. The van der Waals surface area contributed by atoms with Gasteiger partial charge >= 0.3 is 0 Å². The van der Waals surface area contributed by atoms with Crippen LogP contribution in [0.2, 0.25) is 0 Å². The summed E-state index contributed by atoms with van der Waals surface area (Å²) in [6.45, 7) is 5.37. The number of carbonyl (C=O) groups is 1. The molecule has 4 rings (SSSR count). The van der Waals surface area contributed by atoms with Crippen molar-refractivity contribution in [2.75, 3.05) is 58.7 Å². The predicted octanol–water partition coefficient (Wildman–Crippen LogP) is 2.82. The van der Waals surface area contributed by atoms with Crippen molar-refractivity contribution in [3.05, 3.63) is 65.5 Å². The average Bonchev–Trinajstić information content (AvgIpc) is 2.86. The van der Waals surface area contributed by atoms with Gasteiger partial charge in [-0.1, -0.05) is 12.1 Å². The highest BCUT2D eigenvalue weighted by Gasteiger charge is 2.23. The lowest BCUT2D eigenvalue weighted by atomic mass is 10.1. The molecule has 2 aromatic carbocycles. The monoisotopic (exact) mass is 457 g/mol. The Morgan fingerprint density at radius 2 is 1.79 bits per heavy atom. The molecule has 0 bridgehead atoms. The fourth-order valence-electron chi connectivity index (χ4n) is 4.11. The van der Waals surface area contributed by atoms with E-state index in [2.05, 4.69) is 41.3 Å². The molecule has 0 aliphatic carbocycles. The van der Waals surface area contributed by atoms with Crippen molar-refractivity contribution in [2.24, 2.45) is 0 Å². The molecule has 1 amide bonds. The van der Waals surface area contributed by atoms with Gasteiger partial charge in [-0.2, -0.15) is 5.26 Å². The van der Waals surface area contributed by atoms with E-state index in [9.17, 15) is 4.79 Å². The molecule has 1 aliphatic rings. The first kappa shape index (κ1) is 23.6. The van der Waals surface area contributed by atoms with Crippen LogP contribution in [0.1, 0.15) is 28.2 Å². The van der Waals surface area contributed by atoms with Crippen molar-refractivity contribution in [2.45, 2.75) is 13.0 Å². The fraction of sp³-hybridized carbons (Fsp3) is 0.385. The van der Waals surface area contributed by atoms with Crippen molar-refractivity contribution in [3.63, 3.8) is 0 Å². The number of piperazine rings is 1. The van der Waals surface area contributed by atoms with Gasteiger partial charge in [-0.05, 0) is 63.5 Å². The Kier molecular flexibility index (Phi) is 7.68. The van der Waals surface area contributed by atoms with Crippen LogP contribution in [0.3, 0.4) is 0 Å². The summed E-state index contributed by atoms with van der Waals surface area (Å²) in [7, 11) is 4.16. The Bertz CT molecular complexity index is 1160. The minimum absolute atomic E-state index is 0.00954. The van der Waals surface area contributed by atoms with E-state index in [4.69, 9.17) is 15.2 Å². The highest BCUT2D eigenvalue weighted by Crippen LogP contribution is 2.21. The second-order valence-electron chi connectivity index (χ2n) is 8.85. The minimum Gasteiger partial charge on any atom is -0.369 e. The number of carbonyl (C=O) groups excluding carboxylic acids is 1. The van der Waals surface area contributed by atoms with Crippen LogP contribution >= 0.6 is 0 Å². The van der Waals surface area contributed by atoms with Crippen molar-refractivity contribution in [1.82, 2.24) is 24.7 Å². The number of hydrogen-bond donors (Lipinski definition) is 1. The van der Waals surface area contributed by atoms with Crippen LogP contribution in [0, 0.1) is 11.3 Å². The third-order valence-corrected chi connectivity index (χ3v) is 6.01. The fourth-order valence-corrected chi connectivity index (χ4v) is 4.11. The van der Waals surface area contributed by atoms with Gasteiger partial charge < -0.3 is 15.1 Å². The molecule has 0 unspecified atom stereocenters. The lowest BCUT2D eigenvalue weighted by Crippen LogP contribution is -2.48. The van der Waals surface area contributed by atoms with E-state index < -0.39 is 0 Å². The maximum Gasteiger partial charge on any atom is 0.253 e. The Morgan fingerprint density at radius 1 is 1.06 bits per heavy atom. The van der Waals surface area contributed by atoms with Crippen LogP contribution in [0.15, 0.2) is 48.5 Å². The van der Waals surface area contributed by atoms with Gasteiger partial charge in [-0.25, -0.2) is 9.97 Å². The molecule has 1 aromatic heterocycles. The van der Waals surface area contributed by atoms with Crippen LogP contribution in [-0.4, -0.2) is 83.9 Å². The summed E-state index contributed by atoms with van der Waals surface area (Å²) in [6, 6.07) is 17.0. The average molecular weight is 458 g/mol. The molecular formula is C26H31N7O. The second kappa shape index (κ2) is 11.1. The Hall–Kier alpha value is -3.54. The number of nitriles is 1. The van der Waals surface area contributed by atoms with E-state index in [0.717, 1.165) is 55.1 Å². The number of fused-ring (bicyclic) bond motifs is 1. The zero-order chi connectivity index (χ0) is 23.9. The number of para-hydroxylation sites is 1. The van der Waals surface area contributed by atoms with Gasteiger partial charge in [0.25, 0.3) is 5.91 Å². The molecule has 1 saturated heterocycles. The largest absolute Gasteiger partial charge is 0.369 e. The quantitative estimate of drug-likeness (QED) is 0.521. The molecule has 0 saturated carbocycles. The summed E-state index contributed by atoms with van der Waals surface area (Å²) in [6.07, 6.45) is 1.04. The molecule has 8 heteroatoms. The summed E-state index contributed by atoms with van der Waals surface area (Å²) >= 11 is 0. The van der Waals surface area contributed by atoms with Crippen LogP contribution < -0.4 is 5.32 Å². The van der Waals surface area contributed by atoms with Gasteiger partial charge in [0.2, 0.25) is 0 Å². The van der Waals surface area contributed by atoms with Crippen LogP contribution in [0.25, 0.3) is 10.9 Å². The molecule has 176 valence electrons. The molecule has 0 spiro atoms. The predicted molar refractivity (Wildman–Crippen MR) is 134 cm³/mol. The van der Waals surface area contributed by atoms with E-state index in [1.807, 2.05) is 23.1 Å². The Morgan fingerprint density at radius 3 is 2.50 bits per heavy atom. The topological polar surface area (TPSA) is 88.4 Å². The van der Waals surface area contributed by atoms with E-state index in [1.165, 1.54) is 0 Å². The van der Waals surface area contributed by atoms with Gasteiger partial charge in [0.15, 0.2) is 0 Å². The number of anilines is 1. The van der Waals surface area contributed by atoms with Crippen molar-refractivity contribution in [3.8, 4) is 6.07 Å². The maximum atomic E-state index is 12.8. The molecule has 3 aromatic rings. The van der Waals surface area contributed by atoms with Gasteiger partial charge in [0, 0.05) is 43.7 Å². The summed E-state index contributed by atoms with van der Waals surface area (Å²) < 4.78 is 0. The summed E-state index contributed by atoms with van der Waals surface area (Å²) in [5, 5.41) is 13.5. The molecule has 0 radical (unpaired) electrons.